The molecule has 2 aliphatic heterocycles. The minimum Gasteiger partial charge on any atom is -0.311 e. The standard InChI is InChI=1S/C72H72BN3/c1-45-23-35-62(56(39-45)47-25-29-49(30-26-47)69(3,4)5)75-64-37-33-51(71(9,10)11)41-58(64)73-59-42-52(72(12,13)14)34-38-65(59)76(63-36-24-46(2)40-57(63)48-27-31-50(32-28-48)70(6,7)8)67-44-53(43-66(75)68(67)73)74-60-21-17-15-19-54(60)55-20-16-18-22-61(55)74/h15-44H,1-14H3. The predicted octanol–water partition coefficient (Wildman–Crippen LogP) is 18.0. The Balaban J connectivity index is 1.24. The van der Waals surface area contributed by atoms with E-state index in [2.05, 4.69) is 293 Å². The van der Waals surface area contributed by atoms with Crippen molar-refractivity contribution in [3.8, 4) is 27.9 Å². The van der Waals surface area contributed by atoms with E-state index in [9.17, 15) is 0 Å². The van der Waals surface area contributed by atoms with Crippen LogP contribution in [0.4, 0.5) is 34.1 Å². The third-order valence-electron chi connectivity index (χ3n) is 16.5. The van der Waals surface area contributed by atoms with Gasteiger partial charge in [0.15, 0.2) is 0 Å². The molecule has 0 amide bonds. The van der Waals surface area contributed by atoms with Gasteiger partial charge in [0, 0.05) is 44.6 Å². The first kappa shape index (κ1) is 49.3. The number of fused-ring (bicyclic) bond motifs is 7. The minimum absolute atomic E-state index is 0.0358. The van der Waals surface area contributed by atoms with Crippen LogP contribution in [0.3, 0.4) is 0 Å². The van der Waals surface area contributed by atoms with Gasteiger partial charge in [0.1, 0.15) is 0 Å². The van der Waals surface area contributed by atoms with E-state index in [1.807, 2.05) is 0 Å². The highest BCUT2D eigenvalue weighted by atomic mass is 15.2. The maximum Gasteiger partial charge on any atom is 0.252 e. The molecular formula is C72H72BN3. The Bertz CT molecular complexity index is 3680. The number of nitrogens with zero attached hydrogens (tertiary/aromatic N) is 3. The number of aryl methyl sites for hydroxylation is 2. The van der Waals surface area contributed by atoms with Crippen molar-refractivity contribution in [2.45, 2.75) is 119 Å². The lowest BCUT2D eigenvalue weighted by molar-refractivity contribution is 0.590. The van der Waals surface area contributed by atoms with Gasteiger partial charge in [-0.2, -0.15) is 0 Å². The summed E-state index contributed by atoms with van der Waals surface area (Å²) in [4.78, 5) is 5.28. The molecule has 0 fully saturated rings. The van der Waals surface area contributed by atoms with Crippen LogP contribution < -0.4 is 26.2 Å². The normalized spacial score (nSPS) is 13.6. The molecule has 378 valence electrons. The highest BCUT2D eigenvalue weighted by Gasteiger charge is 2.45. The number of aromatic nitrogens is 1. The van der Waals surface area contributed by atoms with E-state index in [0.29, 0.717) is 0 Å². The van der Waals surface area contributed by atoms with E-state index in [1.165, 1.54) is 117 Å². The molecule has 9 aromatic carbocycles. The summed E-state index contributed by atoms with van der Waals surface area (Å²) in [5.74, 6) is 0. The van der Waals surface area contributed by atoms with Crippen molar-refractivity contribution in [3.63, 3.8) is 0 Å². The van der Waals surface area contributed by atoms with Crippen molar-refractivity contribution < 1.29 is 0 Å². The SMILES string of the molecule is Cc1ccc(N2c3ccc(C(C)(C)C)cc3B3c4cc(C(C)(C)C)ccc4N(c4ccc(C)cc4-c4ccc(C(C)(C)C)cc4)c4cc(-n5c6ccccc6c6ccccc65)cc2c43)c(-c2ccc(C(C)(C)C)cc2)c1. The topological polar surface area (TPSA) is 11.4 Å². The summed E-state index contributed by atoms with van der Waals surface area (Å²) in [6.07, 6.45) is 0. The number of hydrogen-bond acceptors (Lipinski definition) is 2. The van der Waals surface area contributed by atoms with Crippen molar-refractivity contribution in [3.05, 3.63) is 215 Å². The van der Waals surface area contributed by atoms with Crippen LogP contribution in [0.1, 0.15) is 116 Å². The second-order valence-electron chi connectivity index (χ2n) is 26.1. The predicted molar refractivity (Wildman–Crippen MR) is 330 cm³/mol. The third-order valence-corrected chi connectivity index (χ3v) is 16.5. The Hall–Kier alpha value is -7.56. The van der Waals surface area contributed by atoms with Crippen molar-refractivity contribution >= 4 is 79.0 Å². The van der Waals surface area contributed by atoms with Crippen LogP contribution >= 0.6 is 0 Å². The van der Waals surface area contributed by atoms with Gasteiger partial charge in [0.05, 0.1) is 28.1 Å². The van der Waals surface area contributed by atoms with E-state index < -0.39 is 0 Å². The Morgan fingerprint density at radius 3 is 1.07 bits per heavy atom. The maximum absolute atomic E-state index is 2.64. The molecule has 4 heteroatoms. The van der Waals surface area contributed by atoms with Crippen LogP contribution in [0.5, 0.6) is 0 Å². The first-order valence-electron chi connectivity index (χ1n) is 27.5. The van der Waals surface area contributed by atoms with Crippen molar-refractivity contribution in [2.75, 3.05) is 9.80 Å². The minimum atomic E-state index is -0.0801. The molecule has 2 aliphatic rings. The molecule has 10 aromatic rings. The second kappa shape index (κ2) is 17.5. The van der Waals surface area contributed by atoms with Crippen molar-refractivity contribution in [1.82, 2.24) is 4.57 Å². The largest absolute Gasteiger partial charge is 0.311 e. The van der Waals surface area contributed by atoms with Crippen LogP contribution in [-0.4, -0.2) is 11.3 Å². The monoisotopic (exact) mass is 990 g/mol. The molecule has 1 aromatic heterocycles. The van der Waals surface area contributed by atoms with E-state index in [0.717, 1.165) is 17.1 Å². The Morgan fingerprint density at radius 1 is 0.329 bits per heavy atom. The first-order valence-corrected chi connectivity index (χ1v) is 27.5. The zero-order chi connectivity index (χ0) is 53.4. The van der Waals surface area contributed by atoms with E-state index >= 15 is 0 Å². The summed E-state index contributed by atoms with van der Waals surface area (Å²) in [6, 6.07) is 70.6. The summed E-state index contributed by atoms with van der Waals surface area (Å²) >= 11 is 0. The number of para-hydroxylation sites is 2. The summed E-state index contributed by atoms with van der Waals surface area (Å²) < 4.78 is 2.52. The van der Waals surface area contributed by atoms with Crippen LogP contribution in [0.15, 0.2) is 182 Å². The maximum atomic E-state index is 2.64. The number of rotatable bonds is 5. The zero-order valence-corrected chi connectivity index (χ0v) is 47.2. The molecule has 12 rings (SSSR count). The molecule has 0 N–H and O–H groups in total. The van der Waals surface area contributed by atoms with Gasteiger partial charge in [-0.3, -0.25) is 0 Å². The van der Waals surface area contributed by atoms with Gasteiger partial charge in [-0.1, -0.05) is 216 Å². The highest BCUT2D eigenvalue weighted by molar-refractivity contribution is 7.00. The summed E-state index contributed by atoms with van der Waals surface area (Å²) in [5, 5.41) is 2.49. The van der Waals surface area contributed by atoms with Crippen LogP contribution in [0.2, 0.25) is 0 Å². The molecule has 0 saturated heterocycles. The average molecular weight is 990 g/mol. The molecule has 0 saturated carbocycles. The fraction of sp³-hybridized carbons (Fsp3) is 0.250. The number of benzene rings is 9. The number of hydrogen-bond donors (Lipinski definition) is 0. The number of anilines is 6. The first-order chi connectivity index (χ1) is 36.0. The van der Waals surface area contributed by atoms with Gasteiger partial charge < -0.3 is 14.4 Å². The second-order valence-corrected chi connectivity index (χ2v) is 26.1. The van der Waals surface area contributed by atoms with Gasteiger partial charge in [-0.05, 0) is 146 Å². The van der Waals surface area contributed by atoms with Crippen LogP contribution in [-0.2, 0) is 21.7 Å². The molecule has 3 heterocycles. The Kier molecular flexibility index (Phi) is 11.4. The molecule has 0 spiro atoms. The van der Waals surface area contributed by atoms with Crippen LogP contribution in [0, 0.1) is 13.8 Å². The summed E-state index contributed by atoms with van der Waals surface area (Å²) in [6.45, 7) is 32.3. The summed E-state index contributed by atoms with van der Waals surface area (Å²) in [5.41, 5.74) is 27.1. The van der Waals surface area contributed by atoms with Gasteiger partial charge in [0.25, 0.3) is 6.71 Å². The van der Waals surface area contributed by atoms with Gasteiger partial charge in [-0.15, -0.1) is 0 Å². The van der Waals surface area contributed by atoms with Crippen LogP contribution in [0.25, 0.3) is 49.7 Å². The lowest BCUT2D eigenvalue weighted by Gasteiger charge is -2.46. The zero-order valence-electron chi connectivity index (χ0n) is 47.2. The summed E-state index contributed by atoms with van der Waals surface area (Å²) in [7, 11) is 0. The Morgan fingerprint density at radius 2 is 0.684 bits per heavy atom. The van der Waals surface area contributed by atoms with E-state index in [4.69, 9.17) is 0 Å². The fourth-order valence-electron chi connectivity index (χ4n) is 12.2. The smallest absolute Gasteiger partial charge is 0.252 e. The molecule has 0 atom stereocenters. The van der Waals surface area contributed by atoms with Crippen molar-refractivity contribution in [1.29, 1.82) is 0 Å². The molecule has 0 aliphatic carbocycles. The van der Waals surface area contributed by atoms with E-state index in [1.54, 1.807) is 0 Å². The van der Waals surface area contributed by atoms with Gasteiger partial charge in [0.2, 0.25) is 0 Å². The van der Waals surface area contributed by atoms with Gasteiger partial charge >= 0.3 is 0 Å². The lowest BCUT2D eigenvalue weighted by Crippen LogP contribution is -2.61. The molecule has 0 bridgehead atoms. The molecular weight excluding hydrogens is 918 g/mol. The molecule has 0 radical (unpaired) electrons. The quantitative estimate of drug-likeness (QED) is 0.159. The molecule has 76 heavy (non-hydrogen) atoms. The van der Waals surface area contributed by atoms with Crippen molar-refractivity contribution in [2.24, 2.45) is 0 Å². The highest BCUT2D eigenvalue weighted by Crippen LogP contribution is 2.51. The van der Waals surface area contributed by atoms with Gasteiger partial charge in [-0.25, -0.2) is 0 Å². The fourth-order valence-corrected chi connectivity index (χ4v) is 12.2. The molecule has 0 unspecified atom stereocenters. The average Bonchev–Trinajstić information content (AvgIpc) is 3.86. The van der Waals surface area contributed by atoms with E-state index in [-0.39, 0.29) is 28.4 Å². The molecule has 3 nitrogen and oxygen atoms in total. The Labute approximate surface area is 453 Å². The third kappa shape index (κ3) is 8.19. The lowest BCUT2D eigenvalue weighted by atomic mass is 9.33.